The van der Waals surface area contributed by atoms with Gasteiger partial charge >= 0.3 is 0 Å². The van der Waals surface area contributed by atoms with Crippen LogP contribution < -0.4 is 10.6 Å². The normalized spacial score (nSPS) is 10.7. The Hall–Kier alpha value is -1.38. The third kappa shape index (κ3) is 7.26. The van der Waals surface area contributed by atoms with E-state index in [9.17, 15) is 10.1 Å². The van der Waals surface area contributed by atoms with Crippen LogP contribution in [0.15, 0.2) is 29.3 Å². The minimum absolute atomic E-state index is 0. The first kappa shape index (κ1) is 19.6. The fraction of sp³-hybridized carbons (Fsp3) is 0.500. The lowest BCUT2D eigenvalue weighted by Crippen LogP contribution is -2.37. The number of guanidine groups is 1. The number of nitrogens with one attached hydrogen (secondary N) is 2. The molecule has 0 aromatic heterocycles. The number of halogens is 1. The fourth-order valence-corrected chi connectivity index (χ4v) is 1.82. The van der Waals surface area contributed by atoms with Crippen molar-refractivity contribution in [1.82, 2.24) is 10.6 Å². The molecular weight excluding hydrogens is 383 g/mol. The Balaban J connectivity index is 0.00000400. The lowest BCUT2D eigenvalue weighted by Gasteiger charge is -2.11. The molecule has 0 atom stereocenters. The number of unbranched alkanes of at least 4 members (excludes halogenated alkanes) is 2. The van der Waals surface area contributed by atoms with Gasteiger partial charge in [0.25, 0.3) is 5.69 Å². The summed E-state index contributed by atoms with van der Waals surface area (Å²) in [7, 11) is 1.69. The van der Waals surface area contributed by atoms with Crippen molar-refractivity contribution in [3.8, 4) is 0 Å². The Morgan fingerprint density at radius 3 is 2.62 bits per heavy atom. The number of para-hydroxylation sites is 1. The highest BCUT2D eigenvalue weighted by atomic mass is 127. The molecule has 0 spiro atoms. The first-order valence-electron chi connectivity index (χ1n) is 6.85. The Bertz CT molecular complexity index is 466. The Morgan fingerprint density at radius 2 is 2.00 bits per heavy atom. The van der Waals surface area contributed by atoms with Gasteiger partial charge in [0.1, 0.15) is 0 Å². The summed E-state index contributed by atoms with van der Waals surface area (Å²) in [6, 6.07) is 6.71. The molecule has 2 N–H and O–H groups in total. The van der Waals surface area contributed by atoms with Crippen LogP contribution in [-0.2, 0) is 6.54 Å². The van der Waals surface area contributed by atoms with E-state index >= 15 is 0 Å². The van der Waals surface area contributed by atoms with E-state index in [1.54, 1.807) is 25.2 Å². The topological polar surface area (TPSA) is 79.6 Å². The van der Waals surface area contributed by atoms with Crippen LogP contribution in [0.2, 0.25) is 0 Å². The van der Waals surface area contributed by atoms with Crippen LogP contribution >= 0.6 is 24.0 Å². The van der Waals surface area contributed by atoms with E-state index in [-0.39, 0.29) is 34.6 Å². The van der Waals surface area contributed by atoms with E-state index in [4.69, 9.17) is 0 Å². The summed E-state index contributed by atoms with van der Waals surface area (Å²) >= 11 is 0. The van der Waals surface area contributed by atoms with Crippen molar-refractivity contribution < 1.29 is 4.92 Å². The maximum Gasteiger partial charge on any atom is 0.274 e. The van der Waals surface area contributed by atoms with Gasteiger partial charge in [-0.1, -0.05) is 38.0 Å². The maximum atomic E-state index is 10.9. The van der Waals surface area contributed by atoms with Gasteiger partial charge in [0.2, 0.25) is 0 Å². The maximum absolute atomic E-state index is 10.9. The van der Waals surface area contributed by atoms with Gasteiger partial charge in [0.05, 0.1) is 4.92 Å². The zero-order valence-electron chi connectivity index (χ0n) is 12.5. The average molecular weight is 406 g/mol. The average Bonchev–Trinajstić information content (AvgIpc) is 2.46. The summed E-state index contributed by atoms with van der Waals surface area (Å²) in [6.07, 6.45) is 3.43. The van der Waals surface area contributed by atoms with Gasteiger partial charge in [-0.2, -0.15) is 0 Å². The third-order valence-corrected chi connectivity index (χ3v) is 2.93. The number of hydrogen-bond donors (Lipinski definition) is 2. The SMILES string of the molecule is CCCCCNC(=NC)NCc1ccccc1[N+](=O)[O-].I. The Kier molecular flexibility index (Phi) is 10.6. The molecule has 1 rings (SSSR count). The first-order chi connectivity index (χ1) is 9.69. The molecule has 1 aromatic carbocycles. The van der Waals surface area contributed by atoms with Gasteiger partial charge in [-0.05, 0) is 6.42 Å². The van der Waals surface area contributed by atoms with E-state index < -0.39 is 0 Å². The van der Waals surface area contributed by atoms with Crippen LogP contribution in [0.1, 0.15) is 31.7 Å². The summed E-state index contributed by atoms with van der Waals surface area (Å²) in [5.74, 6) is 0.666. The van der Waals surface area contributed by atoms with Crippen LogP contribution in [-0.4, -0.2) is 24.5 Å². The van der Waals surface area contributed by atoms with Crippen molar-refractivity contribution in [3.05, 3.63) is 39.9 Å². The van der Waals surface area contributed by atoms with Gasteiger partial charge < -0.3 is 10.6 Å². The molecule has 0 saturated heterocycles. The van der Waals surface area contributed by atoms with E-state index in [1.807, 2.05) is 0 Å². The molecule has 0 unspecified atom stereocenters. The van der Waals surface area contributed by atoms with Crippen molar-refractivity contribution in [2.24, 2.45) is 4.99 Å². The number of aliphatic imine (C=N–C) groups is 1. The largest absolute Gasteiger partial charge is 0.356 e. The van der Waals surface area contributed by atoms with Crippen molar-refractivity contribution in [3.63, 3.8) is 0 Å². The van der Waals surface area contributed by atoms with Crippen molar-refractivity contribution in [1.29, 1.82) is 0 Å². The molecule has 0 fully saturated rings. The minimum Gasteiger partial charge on any atom is -0.356 e. The van der Waals surface area contributed by atoms with Crippen LogP contribution in [0.5, 0.6) is 0 Å². The fourth-order valence-electron chi connectivity index (χ4n) is 1.82. The second-order valence-electron chi connectivity index (χ2n) is 4.45. The van der Waals surface area contributed by atoms with Crippen LogP contribution in [0.3, 0.4) is 0 Å². The second-order valence-corrected chi connectivity index (χ2v) is 4.45. The van der Waals surface area contributed by atoms with Crippen molar-refractivity contribution >= 4 is 35.6 Å². The minimum atomic E-state index is -0.367. The smallest absolute Gasteiger partial charge is 0.274 e. The molecule has 0 bridgehead atoms. The number of hydrogen-bond acceptors (Lipinski definition) is 3. The molecule has 0 amide bonds. The zero-order chi connectivity index (χ0) is 14.8. The molecule has 0 saturated carbocycles. The summed E-state index contributed by atoms with van der Waals surface area (Å²) < 4.78 is 0. The van der Waals surface area contributed by atoms with E-state index in [0.29, 0.717) is 18.1 Å². The molecule has 0 radical (unpaired) electrons. The number of nitro groups is 1. The quantitative estimate of drug-likeness (QED) is 0.182. The Morgan fingerprint density at radius 1 is 1.29 bits per heavy atom. The summed E-state index contributed by atoms with van der Waals surface area (Å²) in [6.45, 7) is 3.39. The van der Waals surface area contributed by atoms with E-state index in [2.05, 4.69) is 22.5 Å². The predicted octanol–water partition coefficient (Wildman–Crippen LogP) is 3.07. The number of benzene rings is 1. The molecule has 0 aliphatic rings. The molecule has 118 valence electrons. The predicted molar refractivity (Wildman–Crippen MR) is 96.2 cm³/mol. The lowest BCUT2D eigenvalue weighted by molar-refractivity contribution is -0.385. The molecular formula is C14H23IN4O2. The molecule has 6 nitrogen and oxygen atoms in total. The first-order valence-corrected chi connectivity index (χ1v) is 6.85. The van der Waals surface area contributed by atoms with Gasteiger partial charge in [-0.3, -0.25) is 15.1 Å². The molecule has 1 aromatic rings. The summed E-state index contributed by atoms with van der Waals surface area (Å²) in [4.78, 5) is 14.6. The highest BCUT2D eigenvalue weighted by Gasteiger charge is 2.12. The second kappa shape index (κ2) is 11.3. The van der Waals surface area contributed by atoms with Crippen LogP contribution in [0, 0.1) is 10.1 Å². The molecule has 21 heavy (non-hydrogen) atoms. The van der Waals surface area contributed by atoms with Gasteiger partial charge in [-0.15, -0.1) is 24.0 Å². The zero-order valence-corrected chi connectivity index (χ0v) is 14.8. The van der Waals surface area contributed by atoms with Crippen LogP contribution in [0.4, 0.5) is 5.69 Å². The number of rotatable bonds is 7. The molecule has 0 aliphatic heterocycles. The lowest BCUT2D eigenvalue weighted by atomic mass is 10.2. The molecule has 7 heteroatoms. The van der Waals surface area contributed by atoms with Crippen LogP contribution in [0.25, 0.3) is 0 Å². The highest BCUT2D eigenvalue weighted by Crippen LogP contribution is 2.16. The third-order valence-electron chi connectivity index (χ3n) is 2.93. The molecule has 0 aliphatic carbocycles. The van der Waals surface area contributed by atoms with Gasteiger partial charge in [0.15, 0.2) is 5.96 Å². The van der Waals surface area contributed by atoms with E-state index in [0.717, 1.165) is 13.0 Å². The van der Waals surface area contributed by atoms with Crippen molar-refractivity contribution in [2.75, 3.05) is 13.6 Å². The standard InChI is InChI=1S/C14H22N4O2.HI/c1-3-4-7-10-16-14(15-2)17-11-12-8-5-6-9-13(12)18(19)20;/h5-6,8-9H,3-4,7,10-11H2,1-2H3,(H2,15,16,17);1H. The molecule has 0 heterocycles. The monoisotopic (exact) mass is 406 g/mol. The van der Waals surface area contributed by atoms with Gasteiger partial charge in [0, 0.05) is 31.8 Å². The van der Waals surface area contributed by atoms with Crippen molar-refractivity contribution in [2.45, 2.75) is 32.7 Å². The number of nitrogens with zero attached hydrogens (tertiary/aromatic N) is 2. The number of nitro benzene ring substituents is 1. The van der Waals surface area contributed by atoms with Gasteiger partial charge in [-0.25, -0.2) is 0 Å². The highest BCUT2D eigenvalue weighted by molar-refractivity contribution is 14.0. The summed E-state index contributed by atoms with van der Waals surface area (Å²) in [5.41, 5.74) is 0.774. The van der Waals surface area contributed by atoms with E-state index in [1.165, 1.54) is 18.9 Å². The Labute approximate surface area is 142 Å². The summed E-state index contributed by atoms with van der Waals surface area (Å²) in [5, 5.41) is 17.2.